The number of hydrogen-bond donors (Lipinski definition) is 2. The average molecular weight is 343 g/mol. The smallest absolute Gasteiger partial charge is 0.422 e. The molecule has 0 aliphatic rings. The van der Waals surface area contributed by atoms with E-state index in [-0.39, 0.29) is 11.7 Å². The Morgan fingerprint density at radius 2 is 2.00 bits per heavy atom. The Morgan fingerprint density at radius 1 is 1.33 bits per heavy atom. The minimum Gasteiger partial charge on any atom is -0.484 e. The summed E-state index contributed by atoms with van der Waals surface area (Å²) in [6, 6.07) is 6.81. The van der Waals surface area contributed by atoms with Crippen LogP contribution < -0.4 is 15.4 Å². The van der Waals surface area contributed by atoms with E-state index >= 15 is 0 Å². The summed E-state index contributed by atoms with van der Waals surface area (Å²) in [7, 11) is 0. The number of alkyl halides is 3. The van der Waals surface area contributed by atoms with Gasteiger partial charge in [0.15, 0.2) is 12.4 Å². The molecule has 0 aliphatic carbocycles. The number of aromatic nitrogens is 1. The van der Waals surface area contributed by atoms with Crippen LogP contribution in [0.15, 0.2) is 34.9 Å². The fraction of sp³-hybridized carbons (Fsp3) is 0.333. The van der Waals surface area contributed by atoms with Crippen molar-refractivity contribution in [2.75, 3.05) is 17.2 Å². The Hall–Kier alpha value is -2.71. The zero-order valence-electron chi connectivity index (χ0n) is 13.0. The molecular weight excluding hydrogens is 327 g/mol. The van der Waals surface area contributed by atoms with Gasteiger partial charge in [-0.2, -0.15) is 13.2 Å². The van der Waals surface area contributed by atoms with Gasteiger partial charge in [-0.1, -0.05) is 5.16 Å². The quantitative estimate of drug-likeness (QED) is 0.841. The van der Waals surface area contributed by atoms with Crippen LogP contribution in [-0.2, 0) is 4.79 Å². The predicted molar refractivity (Wildman–Crippen MR) is 80.9 cm³/mol. The van der Waals surface area contributed by atoms with Crippen LogP contribution in [-0.4, -0.2) is 29.9 Å². The molecular formula is C15H16F3N3O3. The lowest BCUT2D eigenvalue weighted by Gasteiger charge is -2.15. The molecule has 1 aromatic carbocycles. The van der Waals surface area contributed by atoms with Crippen LogP contribution in [0.4, 0.5) is 24.7 Å². The summed E-state index contributed by atoms with van der Waals surface area (Å²) >= 11 is 0. The van der Waals surface area contributed by atoms with Gasteiger partial charge in [-0.05, 0) is 38.1 Å². The predicted octanol–water partition coefficient (Wildman–Crippen LogP) is 3.36. The molecule has 1 amide bonds. The third-order valence-corrected chi connectivity index (χ3v) is 2.91. The molecule has 0 bridgehead atoms. The Morgan fingerprint density at radius 3 is 2.54 bits per heavy atom. The van der Waals surface area contributed by atoms with Gasteiger partial charge >= 0.3 is 6.18 Å². The minimum absolute atomic E-state index is 0.0908. The van der Waals surface area contributed by atoms with Crippen LogP contribution in [0.1, 0.15) is 12.7 Å². The van der Waals surface area contributed by atoms with E-state index in [2.05, 4.69) is 20.5 Å². The number of carbonyl (C=O) groups excluding carboxylic acids is 1. The van der Waals surface area contributed by atoms with E-state index < -0.39 is 18.8 Å². The molecule has 1 atom stereocenters. The highest BCUT2D eigenvalue weighted by Crippen LogP contribution is 2.20. The average Bonchev–Trinajstić information content (AvgIpc) is 2.91. The van der Waals surface area contributed by atoms with Crippen molar-refractivity contribution in [1.82, 2.24) is 5.16 Å². The molecule has 0 aliphatic heterocycles. The summed E-state index contributed by atoms with van der Waals surface area (Å²) in [6.07, 6.45) is -4.39. The largest absolute Gasteiger partial charge is 0.484 e. The number of amides is 1. The van der Waals surface area contributed by atoms with Gasteiger partial charge in [-0.3, -0.25) is 4.79 Å². The molecule has 0 fully saturated rings. The normalized spacial score (nSPS) is 12.5. The molecule has 1 heterocycles. The van der Waals surface area contributed by atoms with Crippen molar-refractivity contribution in [1.29, 1.82) is 0 Å². The van der Waals surface area contributed by atoms with Crippen LogP contribution >= 0.6 is 0 Å². The fourth-order valence-electron chi connectivity index (χ4n) is 1.79. The Bertz CT molecular complexity index is 683. The lowest BCUT2D eigenvalue weighted by Crippen LogP contribution is -2.31. The summed E-state index contributed by atoms with van der Waals surface area (Å²) in [5, 5.41) is 9.15. The van der Waals surface area contributed by atoms with Gasteiger partial charge < -0.3 is 19.9 Å². The van der Waals surface area contributed by atoms with E-state index in [1.54, 1.807) is 19.9 Å². The van der Waals surface area contributed by atoms with Crippen molar-refractivity contribution >= 4 is 17.4 Å². The Balaban J connectivity index is 1.87. The molecule has 0 radical (unpaired) electrons. The highest BCUT2D eigenvalue weighted by molar-refractivity contribution is 5.95. The van der Waals surface area contributed by atoms with Crippen LogP contribution in [0.3, 0.4) is 0 Å². The second kappa shape index (κ2) is 7.24. The third-order valence-electron chi connectivity index (χ3n) is 2.91. The third kappa shape index (κ3) is 5.49. The van der Waals surface area contributed by atoms with Gasteiger partial charge in [-0.15, -0.1) is 0 Å². The zero-order chi connectivity index (χ0) is 17.7. The lowest BCUT2D eigenvalue weighted by atomic mass is 10.2. The second-order valence-electron chi connectivity index (χ2n) is 5.11. The molecule has 2 rings (SSSR count). The Kier molecular flexibility index (Phi) is 5.32. The van der Waals surface area contributed by atoms with Gasteiger partial charge in [0.1, 0.15) is 17.6 Å². The first-order chi connectivity index (χ1) is 11.2. The number of nitrogens with one attached hydrogen (secondary N) is 2. The van der Waals surface area contributed by atoms with Crippen LogP contribution in [0, 0.1) is 6.92 Å². The van der Waals surface area contributed by atoms with E-state index in [0.717, 1.165) is 0 Å². The number of ether oxygens (including phenoxy) is 1. The first kappa shape index (κ1) is 17.6. The number of halogens is 3. The van der Waals surface area contributed by atoms with Crippen molar-refractivity contribution in [3.8, 4) is 5.75 Å². The molecule has 0 saturated heterocycles. The number of anilines is 2. The molecule has 2 N–H and O–H groups in total. The highest BCUT2D eigenvalue weighted by atomic mass is 19.4. The molecule has 0 spiro atoms. The maximum atomic E-state index is 12.1. The van der Waals surface area contributed by atoms with Crippen molar-refractivity contribution < 1.29 is 27.2 Å². The molecule has 6 nitrogen and oxygen atoms in total. The van der Waals surface area contributed by atoms with Crippen LogP contribution in [0.2, 0.25) is 0 Å². The van der Waals surface area contributed by atoms with E-state index in [9.17, 15) is 18.0 Å². The van der Waals surface area contributed by atoms with Gasteiger partial charge in [-0.25, -0.2) is 0 Å². The van der Waals surface area contributed by atoms with E-state index in [0.29, 0.717) is 17.3 Å². The van der Waals surface area contributed by atoms with Gasteiger partial charge in [0.05, 0.1) is 0 Å². The molecule has 1 aromatic heterocycles. The maximum Gasteiger partial charge on any atom is 0.422 e. The number of aryl methyl sites for hydroxylation is 1. The van der Waals surface area contributed by atoms with E-state index in [1.807, 2.05) is 0 Å². The lowest BCUT2D eigenvalue weighted by molar-refractivity contribution is -0.153. The molecule has 24 heavy (non-hydrogen) atoms. The summed E-state index contributed by atoms with van der Waals surface area (Å²) in [4.78, 5) is 12.0. The first-order valence-electron chi connectivity index (χ1n) is 7.03. The molecule has 9 heteroatoms. The van der Waals surface area contributed by atoms with Crippen molar-refractivity contribution in [3.05, 3.63) is 36.1 Å². The van der Waals surface area contributed by atoms with Crippen molar-refractivity contribution in [3.63, 3.8) is 0 Å². The van der Waals surface area contributed by atoms with E-state index in [1.165, 1.54) is 24.3 Å². The van der Waals surface area contributed by atoms with Crippen LogP contribution in [0.5, 0.6) is 5.75 Å². The number of nitrogens with zero attached hydrogens (tertiary/aromatic N) is 1. The zero-order valence-corrected chi connectivity index (χ0v) is 13.0. The minimum atomic E-state index is -4.39. The summed E-state index contributed by atoms with van der Waals surface area (Å²) in [5.74, 6) is 0.635. The maximum absolute atomic E-state index is 12.1. The molecule has 0 saturated carbocycles. The number of hydrogen-bond acceptors (Lipinski definition) is 5. The number of carbonyl (C=O) groups is 1. The molecule has 2 aromatic rings. The van der Waals surface area contributed by atoms with Crippen molar-refractivity contribution in [2.24, 2.45) is 0 Å². The number of rotatable bonds is 6. The monoisotopic (exact) mass is 343 g/mol. The van der Waals surface area contributed by atoms with Crippen molar-refractivity contribution in [2.45, 2.75) is 26.1 Å². The summed E-state index contributed by atoms with van der Waals surface area (Å²) in [5.41, 5.74) is 0.563. The SMILES string of the molecule is Cc1cc(NC(=O)[C@@H](C)Nc2ccc(OCC(F)(F)F)cc2)no1. The van der Waals surface area contributed by atoms with Crippen LogP contribution in [0.25, 0.3) is 0 Å². The topological polar surface area (TPSA) is 76.4 Å². The fourth-order valence-corrected chi connectivity index (χ4v) is 1.79. The van der Waals surface area contributed by atoms with E-state index in [4.69, 9.17) is 4.52 Å². The van der Waals surface area contributed by atoms with Gasteiger partial charge in [0.25, 0.3) is 0 Å². The van der Waals surface area contributed by atoms with Gasteiger partial charge in [0.2, 0.25) is 5.91 Å². The summed E-state index contributed by atoms with van der Waals surface area (Å²) < 4.78 is 45.7. The summed E-state index contributed by atoms with van der Waals surface area (Å²) in [6.45, 7) is 1.98. The first-order valence-corrected chi connectivity index (χ1v) is 7.03. The van der Waals surface area contributed by atoms with Gasteiger partial charge in [0, 0.05) is 11.8 Å². The standard InChI is InChI=1S/C15H16F3N3O3/c1-9-7-13(21-24-9)20-14(22)10(2)19-11-3-5-12(6-4-11)23-8-15(16,17)18/h3-7,10,19H,8H2,1-2H3,(H,20,21,22)/t10-/m1/s1. The molecule has 130 valence electrons. The Labute approximate surface area is 136 Å². The highest BCUT2D eigenvalue weighted by Gasteiger charge is 2.28. The molecule has 0 unspecified atom stereocenters. The number of benzene rings is 1. The second-order valence-corrected chi connectivity index (χ2v) is 5.11.